The Bertz CT molecular complexity index is 636. The zero-order chi connectivity index (χ0) is 14.2. The zero-order valence-corrected chi connectivity index (χ0v) is 11.4. The van der Waals surface area contributed by atoms with E-state index in [-0.39, 0.29) is 11.3 Å². The number of cyclic esters (lactones) is 1. The van der Waals surface area contributed by atoms with Crippen molar-refractivity contribution in [1.29, 1.82) is 0 Å². The summed E-state index contributed by atoms with van der Waals surface area (Å²) >= 11 is 0. The SMILES string of the molecule is CC1(C)OC(=O)C(c2cccc(F)c2)=C1C[SH](=O)=O. The van der Waals surface area contributed by atoms with Gasteiger partial charge in [0.25, 0.3) is 0 Å². The summed E-state index contributed by atoms with van der Waals surface area (Å²) < 4.78 is 40.3. The van der Waals surface area contributed by atoms with E-state index in [2.05, 4.69) is 0 Å². The van der Waals surface area contributed by atoms with Crippen molar-refractivity contribution in [2.45, 2.75) is 19.4 Å². The van der Waals surface area contributed by atoms with Crippen LogP contribution in [0.3, 0.4) is 0 Å². The van der Waals surface area contributed by atoms with Gasteiger partial charge in [-0.3, -0.25) is 0 Å². The van der Waals surface area contributed by atoms with Crippen molar-refractivity contribution in [3.63, 3.8) is 0 Å². The molecule has 0 fully saturated rings. The molecule has 19 heavy (non-hydrogen) atoms. The van der Waals surface area contributed by atoms with Gasteiger partial charge in [0, 0.05) is 5.57 Å². The van der Waals surface area contributed by atoms with Crippen LogP contribution < -0.4 is 0 Å². The number of hydrogen-bond donors (Lipinski definition) is 1. The molecule has 0 unspecified atom stereocenters. The monoisotopic (exact) mass is 284 g/mol. The number of ether oxygens (including phenoxy) is 1. The Morgan fingerprint density at radius 2 is 2.00 bits per heavy atom. The van der Waals surface area contributed by atoms with Crippen molar-refractivity contribution in [3.8, 4) is 0 Å². The summed E-state index contributed by atoms with van der Waals surface area (Å²) in [4.78, 5) is 11.9. The van der Waals surface area contributed by atoms with E-state index in [4.69, 9.17) is 4.74 Å². The van der Waals surface area contributed by atoms with E-state index in [0.717, 1.165) is 0 Å². The molecule has 0 aliphatic carbocycles. The summed E-state index contributed by atoms with van der Waals surface area (Å²) in [5, 5.41) is 0. The number of esters is 1. The molecule has 0 saturated carbocycles. The first kappa shape index (κ1) is 13.7. The molecule has 1 aliphatic rings. The quantitative estimate of drug-likeness (QED) is 0.675. The minimum atomic E-state index is -2.70. The van der Waals surface area contributed by atoms with Gasteiger partial charge in [-0.1, -0.05) is 12.1 Å². The van der Waals surface area contributed by atoms with E-state index < -0.39 is 28.1 Å². The Kier molecular flexibility index (Phi) is 3.45. The maximum atomic E-state index is 13.2. The lowest BCUT2D eigenvalue weighted by molar-refractivity contribution is -0.142. The highest BCUT2D eigenvalue weighted by molar-refractivity contribution is 7.72. The maximum absolute atomic E-state index is 13.2. The van der Waals surface area contributed by atoms with Crippen LogP contribution in [-0.4, -0.2) is 25.7 Å². The van der Waals surface area contributed by atoms with Crippen LogP contribution in [0.5, 0.6) is 0 Å². The highest BCUT2D eigenvalue weighted by atomic mass is 32.2. The molecule has 0 spiro atoms. The third-order valence-electron chi connectivity index (χ3n) is 2.98. The second-order valence-corrected chi connectivity index (χ2v) is 5.74. The third kappa shape index (κ3) is 2.68. The van der Waals surface area contributed by atoms with E-state index in [1.54, 1.807) is 19.9 Å². The molecule has 0 atom stereocenters. The van der Waals surface area contributed by atoms with Crippen LogP contribution >= 0.6 is 0 Å². The Morgan fingerprint density at radius 3 is 2.58 bits per heavy atom. The predicted octanol–water partition coefficient (Wildman–Crippen LogP) is 1.53. The molecule has 0 saturated heterocycles. The van der Waals surface area contributed by atoms with Gasteiger partial charge in [-0.05, 0) is 31.5 Å². The molecule has 102 valence electrons. The van der Waals surface area contributed by atoms with Crippen molar-refractivity contribution >= 4 is 22.2 Å². The minimum Gasteiger partial charge on any atom is -0.451 e. The number of carbonyl (C=O) groups excluding carboxylic acids is 1. The molecule has 2 rings (SSSR count). The fourth-order valence-electron chi connectivity index (χ4n) is 2.10. The number of rotatable bonds is 3. The fourth-order valence-corrected chi connectivity index (χ4v) is 2.90. The topological polar surface area (TPSA) is 60.4 Å². The second-order valence-electron chi connectivity index (χ2n) is 4.75. The summed E-state index contributed by atoms with van der Waals surface area (Å²) in [5.74, 6) is -1.39. The molecular weight excluding hydrogens is 271 g/mol. The summed E-state index contributed by atoms with van der Waals surface area (Å²) in [6.45, 7) is 3.23. The summed E-state index contributed by atoms with van der Waals surface area (Å²) in [6.07, 6.45) is 0. The van der Waals surface area contributed by atoms with Crippen LogP contribution in [0.15, 0.2) is 29.8 Å². The van der Waals surface area contributed by atoms with Crippen LogP contribution in [-0.2, 0) is 20.2 Å². The van der Waals surface area contributed by atoms with Gasteiger partial charge in [0.2, 0.25) is 0 Å². The minimum absolute atomic E-state index is 0.142. The van der Waals surface area contributed by atoms with Crippen LogP contribution in [0.25, 0.3) is 5.57 Å². The predicted molar refractivity (Wildman–Crippen MR) is 68.7 cm³/mol. The van der Waals surface area contributed by atoms with Gasteiger partial charge >= 0.3 is 5.97 Å². The van der Waals surface area contributed by atoms with Gasteiger partial charge in [-0.25, -0.2) is 17.6 Å². The Labute approximate surface area is 111 Å². The lowest BCUT2D eigenvalue weighted by Crippen LogP contribution is -2.25. The average molecular weight is 284 g/mol. The first-order valence-electron chi connectivity index (χ1n) is 5.66. The molecule has 0 amide bonds. The first-order valence-corrected chi connectivity index (χ1v) is 7.02. The van der Waals surface area contributed by atoms with Gasteiger partial charge in [0.15, 0.2) is 0 Å². The van der Waals surface area contributed by atoms with Crippen molar-refractivity contribution in [1.82, 2.24) is 0 Å². The standard InChI is InChI=1S/C13H13FO4S/c1-13(2)10(7-19(16)17)11(12(15)18-13)8-4-3-5-9(14)6-8/h3-6,19H,7H2,1-2H3. The fraction of sp³-hybridized carbons (Fsp3) is 0.308. The Balaban J connectivity index is 2.63. The molecule has 1 aromatic rings. The molecule has 1 aliphatic heterocycles. The van der Waals surface area contributed by atoms with Crippen molar-refractivity contribution in [2.24, 2.45) is 0 Å². The number of carbonyl (C=O) groups is 1. The largest absolute Gasteiger partial charge is 0.451 e. The summed E-state index contributed by atoms with van der Waals surface area (Å²) in [5.41, 5.74) is -0.154. The molecule has 1 heterocycles. The molecular formula is C13H13FO4S. The van der Waals surface area contributed by atoms with Crippen LogP contribution in [0.2, 0.25) is 0 Å². The molecule has 6 heteroatoms. The van der Waals surface area contributed by atoms with E-state index in [9.17, 15) is 17.6 Å². The smallest absolute Gasteiger partial charge is 0.339 e. The maximum Gasteiger partial charge on any atom is 0.339 e. The van der Waals surface area contributed by atoms with E-state index in [1.165, 1.54) is 18.2 Å². The summed E-state index contributed by atoms with van der Waals surface area (Å²) in [6, 6.07) is 5.46. The van der Waals surface area contributed by atoms with Gasteiger partial charge in [0.05, 0.1) is 11.3 Å². The van der Waals surface area contributed by atoms with E-state index in [1.807, 2.05) is 0 Å². The zero-order valence-electron chi connectivity index (χ0n) is 10.5. The molecule has 0 bridgehead atoms. The number of halogens is 1. The van der Waals surface area contributed by atoms with Crippen LogP contribution in [0, 0.1) is 5.82 Å². The molecule has 0 aromatic heterocycles. The van der Waals surface area contributed by atoms with E-state index in [0.29, 0.717) is 11.1 Å². The highest BCUT2D eigenvalue weighted by Gasteiger charge is 2.41. The number of thiol groups is 1. The van der Waals surface area contributed by atoms with Crippen molar-refractivity contribution < 1.29 is 22.3 Å². The molecule has 4 nitrogen and oxygen atoms in total. The molecule has 1 aromatic carbocycles. The summed E-state index contributed by atoms with van der Waals surface area (Å²) in [7, 11) is -2.70. The van der Waals surface area contributed by atoms with Crippen molar-refractivity contribution in [3.05, 3.63) is 41.2 Å². The third-order valence-corrected chi connectivity index (χ3v) is 3.56. The van der Waals surface area contributed by atoms with Crippen molar-refractivity contribution in [2.75, 3.05) is 5.75 Å². The Hall–Kier alpha value is -1.69. The molecule has 0 N–H and O–H groups in total. The van der Waals surface area contributed by atoms with Crippen LogP contribution in [0.4, 0.5) is 4.39 Å². The Morgan fingerprint density at radius 1 is 1.32 bits per heavy atom. The lowest BCUT2D eigenvalue weighted by Gasteiger charge is -2.19. The highest BCUT2D eigenvalue weighted by Crippen LogP contribution is 2.37. The number of benzene rings is 1. The van der Waals surface area contributed by atoms with Gasteiger partial charge < -0.3 is 4.74 Å². The number of hydrogen-bond acceptors (Lipinski definition) is 4. The van der Waals surface area contributed by atoms with Gasteiger partial charge in [-0.2, -0.15) is 0 Å². The molecule has 0 radical (unpaired) electrons. The normalized spacial score (nSPS) is 18.0. The lowest BCUT2D eigenvalue weighted by atomic mass is 9.93. The van der Waals surface area contributed by atoms with Gasteiger partial charge in [0.1, 0.15) is 22.1 Å². The second kappa shape index (κ2) is 4.77. The average Bonchev–Trinajstić information content (AvgIpc) is 2.48. The van der Waals surface area contributed by atoms with Gasteiger partial charge in [-0.15, -0.1) is 0 Å². The van der Waals surface area contributed by atoms with E-state index >= 15 is 0 Å². The first-order chi connectivity index (χ1) is 8.81. The van der Waals surface area contributed by atoms with Crippen LogP contribution in [0.1, 0.15) is 19.4 Å².